The number of likely N-dealkylation sites (tertiary alicyclic amines) is 1. The molecule has 41 heavy (non-hydrogen) atoms. The van der Waals surface area contributed by atoms with Gasteiger partial charge in [0.25, 0.3) is 5.91 Å². The Bertz CT molecular complexity index is 1430. The average molecular weight is 588 g/mol. The van der Waals surface area contributed by atoms with Crippen molar-refractivity contribution in [3.8, 4) is 11.1 Å². The topological polar surface area (TPSA) is 138 Å². The fraction of sp³-hybridized carbons (Fsp3) is 0.286. The molecule has 5 N–H and O–H groups in total. The normalized spacial score (nSPS) is 17.3. The maximum absolute atomic E-state index is 13.3. The van der Waals surface area contributed by atoms with Crippen molar-refractivity contribution in [1.82, 2.24) is 15.5 Å². The van der Waals surface area contributed by atoms with E-state index in [1.54, 1.807) is 54.8 Å². The second kappa shape index (κ2) is 13.0. The minimum atomic E-state index is -3.08. The highest BCUT2D eigenvalue weighted by Crippen LogP contribution is 2.26. The van der Waals surface area contributed by atoms with Gasteiger partial charge in [-0.05, 0) is 48.4 Å². The Morgan fingerprint density at radius 2 is 1.85 bits per heavy atom. The summed E-state index contributed by atoms with van der Waals surface area (Å²) in [6.45, 7) is -2.10. The van der Waals surface area contributed by atoms with Gasteiger partial charge in [-0.1, -0.05) is 24.3 Å². The van der Waals surface area contributed by atoms with Crippen molar-refractivity contribution < 1.29 is 32.3 Å². The van der Waals surface area contributed by atoms with Gasteiger partial charge in [0, 0.05) is 34.3 Å². The van der Waals surface area contributed by atoms with Crippen LogP contribution in [0.4, 0.5) is 13.2 Å². The molecule has 0 radical (unpaired) electrons. The molecule has 1 saturated heterocycles. The van der Waals surface area contributed by atoms with E-state index in [1.165, 1.54) is 23.5 Å². The largest absolute Gasteiger partial charge is 0.384 e. The zero-order valence-electron chi connectivity index (χ0n) is 21.9. The second-order valence-electron chi connectivity index (χ2n) is 9.47. The maximum Gasteiger partial charge on any atom is 0.345 e. The molecule has 13 heteroatoms. The number of nitrogens with one attached hydrogen (secondary N) is 3. The summed E-state index contributed by atoms with van der Waals surface area (Å²) in [6.07, 6.45) is -1.22. The molecule has 9 nitrogen and oxygen atoms in total. The Morgan fingerprint density at radius 1 is 1.12 bits per heavy atom. The van der Waals surface area contributed by atoms with Crippen LogP contribution in [0.3, 0.4) is 0 Å². The molecule has 3 aromatic rings. The fourth-order valence-electron chi connectivity index (χ4n) is 4.51. The van der Waals surface area contributed by atoms with E-state index in [1.807, 2.05) is 0 Å². The zero-order valence-corrected chi connectivity index (χ0v) is 22.7. The third-order valence-corrected chi connectivity index (χ3v) is 7.72. The van der Waals surface area contributed by atoms with E-state index >= 15 is 0 Å². The van der Waals surface area contributed by atoms with Crippen molar-refractivity contribution in [1.29, 1.82) is 5.41 Å². The molecule has 2 aromatic carbocycles. The van der Waals surface area contributed by atoms with Crippen LogP contribution in [-0.2, 0) is 14.3 Å². The number of thiophene rings is 1. The first-order valence-corrected chi connectivity index (χ1v) is 13.5. The van der Waals surface area contributed by atoms with Crippen LogP contribution in [0.2, 0.25) is 0 Å². The van der Waals surface area contributed by atoms with Gasteiger partial charge in [-0.2, -0.15) is 8.78 Å². The molecule has 0 saturated carbocycles. The Balaban J connectivity index is 1.41. The first-order chi connectivity index (χ1) is 19.5. The first-order valence-electron chi connectivity index (χ1n) is 12.6. The third-order valence-electron chi connectivity index (χ3n) is 6.60. The minimum Gasteiger partial charge on any atom is -0.384 e. The van der Waals surface area contributed by atoms with Crippen molar-refractivity contribution >= 4 is 34.9 Å². The van der Waals surface area contributed by atoms with Crippen molar-refractivity contribution in [2.45, 2.75) is 38.1 Å². The van der Waals surface area contributed by atoms with Crippen molar-refractivity contribution in [3.63, 3.8) is 0 Å². The van der Waals surface area contributed by atoms with Crippen LogP contribution in [0.25, 0.3) is 11.1 Å². The number of ether oxygens (including phenoxy) is 1. The number of carbonyl (C=O) groups excluding carboxylic acids is 3. The maximum atomic E-state index is 13.3. The number of amidine groups is 1. The summed E-state index contributed by atoms with van der Waals surface area (Å²) in [4.78, 5) is 40.9. The van der Waals surface area contributed by atoms with Crippen molar-refractivity contribution in [2.24, 2.45) is 5.73 Å². The standard InChI is InChI=1S/C28H28F3N5O4S/c1-15(23-10-19(14-41-23)25(32)33)35-27(39)22-11-21(40-28(30)31)13-36(22)24(37)12-34-26(38)18-4-2-3-17(9-18)16-5-7-20(29)8-6-16/h2-10,14-15,21-22,28H,11-13H2,1H3,(H3,32,33)(H,34,38)(H,35,39)/t15-,21-,22+/m1/s1. The van der Waals surface area contributed by atoms with Gasteiger partial charge >= 0.3 is 6.61 Å². The van der Waals surface area contributed by atoms with E-state index in [-0.39, 0.29) is 30.2 Å². The lowest BCUT2D eigenvalue weighted by Crippen LogP contribution is -2.49. The fourth-order valence-corrected chi connectivity index (χ4v) is 5.43. The summed E-state index contributed by atoms with van der Waals surface area (Å²) in [5.41, 5.74) is 7.63. The number of halogens is 3. The van der Waals surface area contributed by atoms with E-state index in [2.05, 4.69) is 15.4 Å². The predicted octanol–water partition coefficient (Wildman–Crippen LogP) is 3.65. The molecule has 1 fully saturated rings. The van der Waals surface area contributed by atoms with Crippen molar-refractivity contribution in [2.75, 3.05) is 13.1 Å². The predicted molar refractivity (Wildman–Crippen MR) is 147 cm³/mol. The number of nitrogens with two attached hydrogens (primary N) is 1. The Hall–Kier alpha value is -4.23. The van der Waals surface area contributed by atoms with Gasteiger partial charge in [0.1, 0.15) is 17.7 Å². The van der Waals surface area contributed by atoms with Crippen LogP contribution in [0, 0.1) is 11.2 Å². The molecule has 3 atom stereocenters. The third kappa shape index (κ3) is 7.50. The first kappa shape index (κ1) is 29.7. The molecule has 0 bridgehead atoms. The lowest BCUT2D eigenvalue weighted by Gasteiger charge is -2.25. The smallest absolute Gasteiger partial charge is 0.345 e. The van der Waals surface area contributed by atoms with E-state index in [9.17, 15) is 27.6 Å². The number of nitrogens with zero attached hydrogens (tertiary/aromatic N) is 1. The summed E-state index contributed by atoms with van der Waals surface area (Å²) >= 11 is 1.29. The number of hydrogen-bond donors (Lipinski definition) is 4. The molecule has 4 rings (SSSR count). The summed E-state index contributed by atoms with van der Waals surface area (Å²) < 4.78 is 43.7. The quantitative estimate of drug-likeness (QED) is 0.212. The van der Waals surface area contributed by atoms with Gasteiger partial charge < -0.3 is 26.0 Å². The van der Waals surface area contributed by atoms with E-state index in [0.29, 0.717) is 16.7 Å². The average Bonchev–Trinajstić information content (AvgIpc) is 3.60. The highest BCUT2D eigenvalue weighted by atomic mass is 32.1. The molecule has 1 aliphatic heterocycles. The summed E-state index contributed by atoms with van der Waals surface area (Å²) in [7, 11) is 0. The van der Waals surface area contributed by atoms with Gasteiger partial charge in [0.15, 0.2) is 0 Å². The van der Waals surface area contributed by atoms with Gasteiger partial charge in [0.2, 0.25) is 11.8 Å². The molecule has 2 heterocycles. The van der Waals surface area contributed by atoms with Gasteiger partial charge in [0.05, 0.1) is 18.7 Å². The van der Waals surface area contributed by atoms with Crippen LogP contribution < -0.4 is 16.4 Å². The van der Waals surface area contributed by atoms with E-state index < -0.39 is 49.1 Å². The molecule has 0 aliphatic carbocycles. The molecule has 1 aliphatic rings. The summed E-state index contributed by atoms with van der Waals surface area (Å²) in [6, 6.07) is 12.4. The van der Waals surface area contributed by atoms with Crippen LogP contribution in [0.5, 0.6) is 0 Å². The number of hydrogen-bond acceptors (Lipinski definition) is 6. The number of rotatable bonds is 10. The number of amides is 3. The molecular formula is C28H28F3N5O4S. The number of carbonyl (C=O) groups is 3. The van der Waals surface area contributed by atoms with Crippen LogP contribution in [0.1, 0.15) is 40.2 Å². The Kier molecular flexibility index (Phi) is 9.40. The minimum absolute atomic E-state index is 0.116. The summed E-state index contributed by atoms with van der Waals surface area (Å²) in [5, 5.41) is 14.5. The number of nitrogen functional groups attached to an aromatic ring is 1. The molecule has 0 spiro atoms. The van der Waals surface area contributed by atoms with Crippen LogP contribution >= 0.6 is 11.3 Å². The number of benzene rings is 2. The van der Waals surface area contributed by atoms with Gasteiger partial charge in [-0.25, -0.2) is 4.39 Å². The molecule has 3 amide bonds. The van der Waals surface area contributed by atoms with Gasteiger partial charge in [-0.15, -0.1) is 11.3 Å². The van der Waals surface area contributed by atoms with Crippen LogP contribution in [0.15, 0.2) is 60.0 Å². The Morgan fingerprint density at radius 3 is 2.51 bits per heavy atom. The van der Waals surface area contributed by atoms with Gasteiger partial charge in [-0.3, -0.25) is 19.8 Å². The Labute approximate surface area is 238 Å². The molecule has 216 valence electrons. The number of alkyl halides is 2. The van der Waals surface area contributed by atoms with E-state index in [4.69, 9.17) is 11.1 Å². The SMILES string of the molecule is C[C@@H](NC(=O)[C@@H]1C[C@@H](OC(F)F)CN1C(=O)CNC(=O)c1cccc(-c2ccc(F)cc2)c1)c1cc(C(=N)N)cs1. The van der Waals surface area contributed by atoms with E-state index in [0.717, 1.165) is 9.78 Å². The second-order valence-corrected chi connectivity index (χ2v) is 10.4. The molecule has 0 unspecified atom stereocenters. The highest BCUT2D eigenvalue weighted by Gasteiger charge is 2.41. The van der Waals surface area contributed by atoms with Crippen LogP contribution in [-0.4, -0.2) is 60.3 Å². The lowest BCUT2D eigenvalue weighted by molar-refractivity contribution is -0.160. The lowest BCUT2D eigenvalue weighted by atomic mass is 10.0. The zero-order chi connectivity index (χ0) is 29.7. The molecule has 1 aromatic heterocycles. The highest BCUT2D eigenvalue weighted by molar-refractivity contribution is 7.10. The summed E-state index contributed by atoms with van der Waals surface area (Å²) in [5.74, 6) is -2.27. The molecular weight excluding hydrogens is 559 g/mol. The van der Waals surface area contributed by atoms with Crippen molar-refractivity contribution in [3.05, 3.63) is 81.8 Å². The monoisotopic (exact) mass is 587 g/mol.